The molecule has 4 heteroatoms. The number of nitrogen functional groups attached to an aromatic ring is 1. The minimum atomic E-state index is -0.139. The molecule has 0 aromatic heterocycles. The minimum absolute atomic E-state index is 0.139. The van der Waals surface area contributed by atoms with Crippen molar-refractivity contribution in [2.75, 3.05) is 18.9 Å². The van der Waals surface area contributed by atoms with Gasteiger partial charge in [0.1, 0.15) is 5.75 Å². The van der Waals surface area contributed by atoms with Crippen LogP contribution in [0.4, 0.5) is 5.69 Å². The van der Waals surface area contributed by atoms with Gasteiger partial charge in [-0.2, -0.15) is 0 Å². The lowest BCUT2D eigenvalue weighted by Crippen LogP contribution is -2.05. The van der Waals surface area contributed by atoms with Crippen LogP contribution in [-0.2, 0) is 9.53 Å². The number of hydrogen-bond acceptors (Lipinski definition) is 4. The van der Waals surface area contributed by atoms with Gasteiger partial charge in [-0.05, 0) is 44.0 Å². The fourth-order valence-corrected chi connectivity index (χ4v) is 1.36. The summed E-state index contributed by atoms with van der Waals surface area (Å²) in [7, 11) is 0. The molecule has 0 fully saturated rings. The molecule has 0 radical (unpaired) electrons. The summed E-state index contributed by atoms with van der Waals surface area (Å²) in [5.41, 5.74) is 6.28. The molecule has 108 valence electrons. The first-order valence-corrected chi connectivity index (χ1v) is 6.86. The van der Waals surface area contributed by atoms with E-state index < -0.39 is 0 Å². The van der Waals surface area contributed by atoms with Crippen LogP contribution < -0.4 is 10.5 Å². The van der Waals surface area contributed by atoms with Crippen molar-refractivity contribution in [1.29, 1.82) is 0 Å². The van der Waals surface area contributed by atoms with Crippen LogP contribution in [0.15, 0.2) is 24.3 Å². The van der Waals surface area contributed by atoms with Gasteiger partial charge in [-0.1, -0.05) is 13.8 Å². The third-order valence-electron chi connectivity index (χ3n) is 2.23. The highest BCUT2D eigenvalue weighted by molar-refractivity contribution is 5.69. The van der Waals surface area contributed by atoms with Gasteiger partial charge in [0.15, 0.2) is 0 Å². The van der Waals surface area contributed by atoms with Gasteiger partial charge in [0.05, 0.1) is 13.2 Å². The Morgan fingerprint density at radius 3 is 2.37 bits per heavy atom. The Labute approximate surface area is 115 Å². The standard InChI is InChI=1S/C13H19NO3.C2H6/c1-2-16-13(15)5-3-4-10-17-12-8-6-11(14)7-9-12;1-2/h6-9H,2-5,10,14H2,1H3;1-2H3. The first-order chi connectivity index (χ1) is 9.22. The zero-order chi connectivity index (χ0) is 14.5. The lowest BCUT2D eigenvalue weighted by Gasteiger charge is -2.06. The van der Waals surface area contributed by atoms with Crippen LogP contribution in [0.5, 0.6) is 5.75 Å². The molecular weight excluding hydrogens is 242 g/mol. The molecule has 0 bridgehead atoms. The first-order valence-electron chi connectivity index (χ1n) is 6.86. The van der Waals surface area contributed by atoms with Crippen LogP contribution in [0.1, 0.15) is 40.0 Å². The van der Waals surface area contributed by atoms with Crippen LogP contribution in [0, 0.1) is 0 Å². The van der Waals surface area contributed by atoms with E-state index in [1.54, 1.807) is 12.1 Å². The van der Waals surface area contributed by atoms with E-state index in [1.807, 2.05) is 32.9 Å². The average Bonchev–Trinajstić information content (AvgIpc) is 2.43. The molecule has 1 rings (SSSR count). The smallest absolute Gasteiger partial charge is 0.305 e. The highest BCUT2D eigenvalue weighted by Crippen LogP contribution is 2.13. The number of carbonyl (C=O) groups excluding carboxylic acids is 1. The number of benzene rings is 1. The number of nitrogens with two attached hydrogens (primary N) is 1. The molecular formula is C15H25NO3. The predicted molar refractivity (Wildman–Crippen MR) is 78.2 cm³/mol. The van der Waals surface area contributed by atoms with Crippen molar-refractivity contribution in [3.63, 3.8) is 0 Å². The Kier molecular flexibility index (Phi) is 10.4. The largest absolute Gasteiger partial charge is 0.494 e. The third kappa shape index (κ3) is 8.94. The fraction of sp³-hybridized carbons (Fsp3) is 0.533. The van der Waals surface area contributed by atoms with Crippen LogP contribution in [0.25, 0.3) is 0 Å². The fourth-order valence-electron chi connectivity index (χ4n) is 1.36. The SMILES string of the molecule is CC.CCOC(=O)CCCCOc1ccc(N)cc1. The molecule has 0 spiro atoms. The Balaban J connectivity index is 0.00000154. The summed E-state index contributed by atoms with van der Waals surface area (Å²) in [6.45, 7) is 6.85. The van der Waals surface area contributed by atoms with E-state index in [0.29, 0.717) is 19.6 Å². The normalized spacial score (nSPS) is 9.21. The summed E-state index contributed by atoms with van der Waals surface area (Å²) < 4.78 is 10.3. The molecule has 0 aliphatic heterocycles. The van der Waals surface area contributed by atoms with E-state index in [4.69, 9.17) is 15.2 Å². The van der Waals surface area contributed by atoms with Gasteiger partial charge >= 0.3 is 5.97 Å². The molecule has 0 unspecified atom stereocenters. The lowest BCUT2D eigenvalue weighted by atomic mass is 10.2. The summed E-state index contributed by atoms with van der Waals surface area (Å²) in [5.74, 6) is 0.662. The molecule has 1 aromatic rings. The Morgan fingerprint density at radius 2 is 1.79 bits per heavy atom. The Morgan fingerprint density at radius 1 is 1.16 bits per heavy atom. The van der Waals surface area contributed by atoms with E-state index in [-0.39, 0.29) is 5.97 Å². The van der Waals surface area contributed by atoms with Crippen molar-refractivity contribution >= 4 is 11.7 Å². The van der Waals surface area contributed by atoms with E-state index >= 15 is 0 Å². The van der Waals surface area contributed by atoms with E-state index in [0.717, 1.165) is 24.3 Å². The summed E-state index contributed by atoms with van der Waals surface area (Å²) in [6.07, 6.45) is 2.08. The zero-order valence-corrected chi connectivity index (χ0v) is 12.1. The summed E-state index contributed by atoms with van der Waals surface area (Å²) in [5, 5.41) is 0. The summed E-state index contributed by atoms with van der Waals surface area (Å²) >= 11 is 0. The third-order valence-corrected chi connectivity index (χ3v) is 2.23. The number of esters is 1. The number of unbranched alkanes of at least 4 members (excludes halogenated alkanes) is 1. The second-order valence-electron chi connectivity index (χ2n) is 3.68. The van der Waals surface area contributed by atoms with E-state index in [1.165, 1.54) is 0 Å². The number of anilines is 1. The maximum absolute atomic E-state index is 11.0. The topological polar surface area (TPSA) is 61.5 Å². The molecule has 0 heterocycles. The van der Waals surface area contributed by atoms with Gasteiger partial charge in [-0.15, -0.1) is 0 Å². The van der Waals surface area contributed by atoms with E-state index in [9.17, 15) is 4.79 Å². The summed E-state index contributed by atoms with van der Waals surface area (Å²) in [4.78, 5) is 11.0. The zero-order valence-electron chi connectivity index (χ0n) is 12.1. The Hall–Kier alpha value is -1.71. The molecule has 0 atom stereocenters. The maximum Gasteiger partial charge on any atom is 0.305 e. The molecule has 1 aromatic carbocycles. The highest BCUT2D eigenvalue weighted by Gasteiger charge is 2.00. The molecule has 0 saturated heterocycles. The van der Waals surface area contributed by atoms with Gasteiger partial charge in [0, 0.05) is 12.1 Å². The molecule has 0 saturated carbocycles. The van der Waals surface area contributed by atoms with Gasteiger partial charge in [0.25, 0.3) is 0 Å². The van der Waals surface area contributed by atoms with Crippen molar-refractivity contribution < 1.29 is 14.3 Å². The molecule has 0 aliphatic carbocycles. The minimum Gasteiger partial charge on any atom is -0.494 e. The molecule has 4 nitrogen and oxygen atoms in total. The van der Waals surface area contributed by atoms with Crippen molar-refractivity contribution in [3.05, 3.63) is 24.3 Å². The van der Waals surface area contributed by atoms with Crippen LogP contribution in [-0.4, -0.2) is 19.2 Å². The van der Waals surface area contributed by atoms with Crippen LogP contribution in [0.2, 0.25) is 0 Å². The number of rotatable bonds is 7. The Bertz CT molecular complexity index is 336. The molecule has 2 N–H and O–H groups in total. The van der Waals surface area contributed by atoms with Gasteiger partial charge in [-0.25, -0.2) is 0 Å². The van der Waals surface area contributed by atoms with Crippen LogP contribution >= 0.6 is 0 Å². The van der Waals surface area contributed by atoms with Gasteiger partial charge in [-0.3, -0.25) is 4.79 Å². The quantitative estimate of drug-likeness (QED) is 0.467. The van der Waals surface area contributed by atoms with Crippen molar-refractivity contribution in [2.24, 2.45) is 0 Å². The first kappa shape index (κ1) is 17.3. The lowest BCUT2D eigenvalue weighted by molar-refractivity contribution is -0.143. The monoisotopic (exact) mass is 267 g/mol. The number of ether oxygens (including phenoxy) is 2. The van der Waals surface area contributed by atoms with Crippen molar-refractivity contribution in [3.8, 4) is 5.75 Å². The maximum atomic E-state index is 11.0. The van der Waals surface area contributed by atoms with Gasteiger partial charge < -0.3 is 15.2 Å². The average molecular weight is 267 g/mol. The molecule has 0 amide bonds. The van der Waals surface area contributed by atoms with Crippen molar-refractivity contribution in [1.82, 2.24) is 0 Å². The second kappa shape index (κ2) is 11.4. The predicted octanol–water partition coefficient (Wildman–Crippen LogP) is 3.41. The highest BCUT2D eigenvalue weighted by atomic mass is 16.5. The van der Waals surface area contributed by atoms with Crippen LogP contribution in [0.3, 0.4) is 0 Å². The molecule has 19 heavy (non-hydrogen) atoms. The van der Waals surface area contributed by atoms with Gasteiger partial charge in [0.2, 0.25) is 0 Å². The summed E-state index contributed by atoms with van der Waals surface area (Å²) in [6, 6.07) is 7.27. The second-order valence-corrected chi connectivity index (χ2v) is 3.68. The number of hydrogen-bond donors (Lipinski definition) is 1. The number of carbonyl (C=O) groups is 1. The van der Waals surface area contributed by atoms with E-state index in [2.05, 4.69) is 0 Å². The molecule has 0 aliphatic rings. The van der Waals surface area contributed by atoms with Crippen molar-refractivity contribution in [2.45, 2.75) is 40.0 Å².